The van der Waals surface area contributed by atoms with Gasteiger partial charge in [0.2, 0.25) is 5.91 Å². The first-order chi connectivity index (χ1) is 12.6. The van der Waals surface area contributed by atoms with Gasteiger partial charge in [0.1, 0.15) is 18.7 Å². The van der Waals surface area contributed by atoms with E-state index < -0.39 is 0 Å². The summed E-state index contributed by atoms with van der Waals surface area (Å²) < 4.78 is 11.0. The zero-order chi connectivity index (χ0) is 18.1. The van der Waals surface area contributed by atoms with Gasteiger partial charge >= 0.3 is 0 Å². The molecule has 0 saturated carbocycles. The van der Waals surface area contributed by atoms with Crippen molar-refractivity contribution in [1.82, 2.24) is 9.97 Å². The maximum absolute atomic E-state index is 12.2. The normalized spacial score (nSPS) is 13.0. The number of carbonyl (C=O) groups is 1. The van der Waals surface area contributed by atoms with Crippen molar-refractivity contribution in [2.75, 3.05) is 24.3 Å². The lowest BCUT2D eigenvalue weighted by molar-refractivity contribution is -0.113. The smallest absolute Gasteiger partial charge is 0.234 e. The molecule has 1 aromatic heterocycles. The summed E-state index contributed by atoms with van der Waals surface area (Å²) in [5.74, 6) is 1.35. The van der Waals surface area contributed by atoms with Crippen LogP contribution in [0.5, 0.6) is 11.5 Å². The fraction of sp³-hybridized carbons (Fsp3) is 0.176. The number of anilines is 1. The predicted molar refractivity (Wildman–Crippen MR) is 103 cm³/mol. The molecule has 1 amide bonds. The number of fused-ring (bicyclic) bond motifs is 2. The van der Waals surface area contributed by atoms with E-state index >= 15 is 0 Å². The molecule has 26 heavy (non-hydrogen) atoms. The fourth-order valence-corrected chi connectivity index (χ4v) is 3.75. The van der Waals surface area contributed by atoms with Gasteiger partial charge in [-0.1, -0.05) is 35.0 Å². The number of halogens is 2. The van der Waals surface area contributed by atoms with Crippen LogP contribution >= 0.6 is 35.0 Å². The number of hydrogen-bond acceptors (Lipinski definition) is 5. The lowest BCUT2D eigenvalue weighted by Gasteiger charge is -2.18. The molecular formula is C17H13Cl2N3O3S. The third-order valence-electron chi connectivity index (χ3n) is 3.65. The lowest BCUT2D eigenvalue weighted by Crippen LogP contribution is -2.17. The van der Waals surface area contributed by atoms with E-state index in [2.05, 4.69) is 15.3 Å². The Balaban J connectivity index is 1.40. The summed E-state index contributed by atoms with van der Waals surface area (Å²) in [5, 5.41) is 4.43. The van der Waals surface area contributed by atoms with Gasteiger partial charge in [0.15, 0.2) is 16.7 Å². The molecule has 0 aliphatic carbocycles. The van der Waals surface area contributed by atoms with Crippen molar-refractivity contribution in [3.05, 3.63) is 40.4 Å². The summed E-state index contributed by atoms with van der Waals surface area (Å²) in [6.45, 7) is 1.03. The number of H-pyrrole nitrogens is 1. The standard InChI is InChI=1S/C17H13Cl2N3O3S/c18-9-5-11(19)16-12(6-9)21-17(22-16)26-8-15(23)20-10-1-2-13-14(7-10)25-4-3-24-13/h1-2,5-7H,3-4,8H2,(H,20,23)(H,21,22). The Morgan fingerprint density at radius 1 is 1.19 bits per heavy atom. The van der Waals surface area contributed by atoms with Gasteiger partial charge in [-0.25, -0.2) is 4.98 Å². The summed E-state index contributed by atoms with van der Waals surface area (Å²) in [7, 11) is 0. The zero-order valence-electron chi connectivity index (χ0n) is 13.3. The number of benzene rings is 2. The number of nitrogens with one attached hydrogen (secondary N) is 2. The van der Waals surface area contributed by atoms with Crippen LogP contribution in [-0.2, 0) is 4.79 Å². The molecule has 134 valence electrons. The highest BCUT2D eigenvalue weighted by atomic mass is 35.5. The van der Waals surface area contributed by atoms with Crippen molar-refractivity contribution >= 4 is 57.6 Å². The molecule has 0 saturated heterocycles. The monoisotopic (exact) mass is 409 g/mol. The summed E-state index contributed by atoms with van der Waals surface area (Å²) in [4.78, 5) is 19.7. The number of nitrogens with zero attached hydrogens (tertiary/aromatic N) is 1. The third-order valence-corrected chi connectivity index (χ3v) is 5.03. The molecule has 2 N–H and O–H groups in total. The van der Waals surface area contributed by atoms with Gasteiger partial charge in [-0.05, 0) is 24.3 Å². The molecule has 6 nitrogen and oxygen atoms in total. The van der Waals surface area contributed by atoms with Gasteiger partial charge in [-0.2, -0.15) is 0 Å². The van der Waals surface area contributed by atoms with E-state index in [1.807, 2.05) is 0 Å². The number of hydrogen-bond donors (Lipinski definition) is 2. The van der Waals surface area contributed by atoms with Gasteiger partial charge in [0.25, 0.3) is 0 Å². The minimum atomic E-state index is -0.156. The van der Waals surface area contributed by atoms with E-state index in [1.54, 1.807) is 30.3 Å². The molecule has 0 spiro atoms. The molecule has 3 aromatic rings. The summed E-state index contributed by atoms with van der Waals surface area (Å²) in [6, 6.07) is 8.69. The molecule has 9 heteroatoms. The number of imidazole rings is 1. The second kappa shape index (κ2) is 7.26. The van der Waals surface area contributed by atoms with Gasteiger partial charge in [-0.15, -0.1) is 0 Å². The Hall–Kier alpha value is -2.09. The molecule has 0 radical (unpaired) electrons. The van der Waals surface area contributed by atoms with Crippen LogP contribution in [0.2, 0.25) is 10.0 Å². The number of amides is 1. The van der Waals surface area contributed by atoms with E-state index in [-0.39, 0.29) is 11.7 Å². The van der Waals surface area contributed by atoms with Crippen LogP contribution in [0.1, 0.15) is 0 Å². The molecule has 1 aliphatic heterocycles. The Labute approximate surface area is 163 Å². The number of aromatic amines is 1. The number of carbonyl (C=O) groups excluding carboxylic acids is 1. The molecular weight excluding hydrogens is 397 g/mol. The minimum absolute atomic E-state index is 0.156. The Kier molecular flexibility index (Phi) is 4.84. The molecule has 0 unspecified atom stereocenters. The highest BCUT2D eigenvalue weighted by Gasteiger charge is 2.14. The molecule has 0 bridgehead atoms. The second-order valence-corrected chi connectivity index (χ2v) is 7.33. The first-order valence-electron chi connectivity index (χ1n) is 7.75. The van der Waals surface area contributed by atoms with Crippen molar-refractivity contribution in [1.29, 1.82) is 0 Å². The average Bonchev–Trinajstić information content (AvgIpc) is 3.03. The van der Waals surface area contributed by atoms with Crippen LogP contribution in [0, 0.1) is 0 Å². The highest BCUT2D eigenvalue weighted by Crippen LogP contribution is 2.33. The zero-order valence-corrected chi connectivity index (χ0v) is 15.7. The van der Waals surface area contributed by atoms with Crippen molar-refractivity contribution in [3.8, 4) is 11.5 Å². The molecule has 0 atom stereocenters. The summed E-state index contributed by atoms with van der Waals surface area (Å²) >= 11 is 13.4. The lowest BCUT2D eigenvalue weighted by atomic mass is 10.2. The second-order valence-electron chi connectivity index (χ2n) is 5.52. The molecule has 4 rings (SSSR count). The molecule has 0 fully saturated rings. The van der Waals surface area contributed by atoms with Crippen LogP contribution in [0.25, 0.3) is 11.0 Å². The maximum Gasteiger partial charge on any atom is 0.234 e. The number of ether oxygens (including phenoxy) is 2. The number of rotatable bonds is 4. The van der Waals surface area contributed by atoms with Gasteiger partial charge in [0.05, 0.1) is 16.3 Å². The number of aromatic nitrogens is 2. The molecule has 1 aliphatic rings. The maximum atomic E-state index is 12.2. The summed E-state index contributed by atoms with van der Waals surface area (Å²) in [6.07, 6.45) is 0. The highest BCUT2D eigenvalue weighted by molar-refractivity contribution is 7.99. The van der Waals surface area contributed by atoms with Crippen LogP contribution in [0.15, 0.2) is 35.5 Å². The molecule has 2 heterocycles. The average molecular weight is 410 g/mol. The van der Waals surface area contributed by atoms with E-state index in [9.17, 15) is 4.79 Å². The number of thioether (sulfide) groups is 1. The van der Waals surface area contributed by atoms with Gasteiger partial charge in [0, 0.05) is 16.8 Å². The van der Waals surface area contributed by atoms with E-state index in [0.717, 1.165) is 5.52 Å². The van der Waals surface area contributed by atoms with E-state index in [4.69, 9.17) is 32.7 Å². The largest absolute Gasteiger partial charge is 0.486 e. The minimum Gasteiger partial charge on any atom is -0.486 e. The van der Waals surface area contributed by atoms with Crippen LogP contribution in [0.4, 0.5) is 5.69 Å². The van der Waals surface area contributed by atoms with Crippen LogP contribution in [-0.4, -0.2) is 34.8 Å². The van der Waals surface area contributed by atoms with Crippen LogP contribution in [0.3, 0.4) is 0 Å². The van der Waals surface area contributed by atoms with Gasteiger partial charge in [-0.3, -0.25) is 4.79 Å². The van der Waals surface area contributed by atoms with E-state index in [1.165, 1.54) is 11.8 Å². The Morgan fingerprint density at radius 2 is 2.00 bits per heavy atom. The van der Waals surface area contributed by atoms with Crippen molar-refractivity contribution in [2.45, 2.75) is 5.16 Å². The fourth-order valence-electron chi connectivity index (χ4n) is 2.54. The summed E-state index contributed by atoms with van der Waals surface area (Å²) in [5.41, 5.74) is 2.02. The topological polar surface area (TPSA) is 76.2 Å². The first-order valence-corrected chi connectivity index (χ1v) is 9.50. The Morgan fingerprint density at radius 3 is 2.85 bits per heavy atom. The van der Waals surface area contributed by atoms with Crippen molar-refractivity contribution < 1.29 is 14.3 Å². The first kappa shape index (κ1) is 17.3. The Bertz CT molecular complexity index is 993. The quantitative estimate of drug-likeness (QED) is 0.625. The van der Waals surface area contributed by atoms with Gasteiger partial charge < -0.3 is 19.8 Å². The van der Waals surface area contributed by atoms with Crippen molar-refractivity contribution in [3.63, 3.8) is 0 Å². The van der Waals surface area contributed by atoms with E-state index in [0.29, 0.717) is 51.1 Å². The van der Waals surface area contributed by atoms with Crippen molar-refractivity contribution in [2.24, 2.45) is 0 Å². The molecule has 2 aromatic carbocycles. The SMILES string of the molecule is O=C(CSc1nc2c(Cl)cc(Cl)cc2[nH]1)Nc1ccc2c(c1)OCCO2. The third kappa shape index (κ3) is 3.70. The van der Waals surface area contributed by atoms with Crippen LogP contribution < -0.4 is 14.8 Å². The predicted octanol–water partition coefficient (Wildman–Crippen LogP) is 4.37.